The number of esters is 1. The van der Waals surface area contributed by atoms with Crippen LogP contribution in [0.2, 0.25) is 0 Å². The van der Waals surface area contributed by atoms with Crippen LogP contribution in [0, 0.1) is 11.8 Å². The maximum absolute atomic E-state index is 11.8. The first-order chi connectivity index (χ1) is 6.92. The Morgan fingerprint density at radius 2 is 1.80 bits per heavy atom. The van der Waals surface area contributed by atoms with Crippen molar-refractivity contribution in [2.45, 2.75) is 52.1 Å². The molecule has 0 unspecified atom stereocenters. The minimum Gasteiger partial charge on any atom is -0.460 e. The highest BCUT2D eigenvalue weighted by atomic mass is 16.6. The maximum Gasteiger partial charge on any atom is 0.309 e. The summed E-state index contributed by atoms with van der Waals surface area (Å²) in [6, 6.07) is 0. The standard InChI is InChI=1S/C13H22O2/c1-5-10-6-8-11(9-7-10)12(14)15-13(2,3)4/h5,10-11H,1,6-9H2,2-4H3. The molecule has 1 aliphatic rings. The molecule has 1 rings (SSSR count). The van der Waals surface area contributed by atoms with Crippen LogP contribution >= 0.6 is 0 Å². The molecule has 0 aromatic carbocycles. The zero-order valence-electron chi connectivity index (χ0n) is 10.1. The maximum atomic E-state index is 11.8. The Labute approximate surface area is 92.7 Å². The molecule has 1 fully saturated rings. The number of carbonyl (C=O) groups is 1. The molecule has 1 aliphatic carbocycles. The van der Waals surface area contributed by atoms with Gasteiger partial charge in [0.2, 0.25) is 0 Å². The van der Waals surface area contributed by atoms with Gasteiger partial charge in [-0.15, -0.1) is 6.58 Å². The zero-order valence-corrected chi connectivity index (χ0v) is 10.1. The van der Waals surface area contributed by atoms with E-state index in [2.05, 4.69) is 6.58 Å². The van der Waals surface area contributed by atoms with Crippen LogP contribution in [-0.4, -0.2) is 11.6 Å². The molecule has 0 heterocycles. The first-order valence-corrected chi connectivity index (χ1v) is 5.78. The molecule has 0 aromatic rings. The smallest absolute Gasteiger partial charge is 0.309 e. The van der Waals surface area contributed by atoms with Gasteiger partial charge in [-0.25, -0.2) is 0 Å². The number of carbonyl (C=O) groups excluding carboxylic acids is 1. The lowest BCUT2D eigenvalue weighted by Crippen LogP contribution is -2.30. The summed E-state index contributed by atoms with van der Waals surface area (Å²) >= 11 is 0. The van der Waals surface area contributed by atoms with Crippen molar-refractivity contribution in [3.63, 3.8) is 0 Å². The summed E-state index contributed by atoms with van der Waals surface area (Å²) in [7, 11) is 0. The molecule has 0 aromatic heterocycles. The van der Waals surface area contributed by atoms with Crippen LogP contribution in [0.15, 0.2) is 12.7 Å². The SMILES string of the molecule is C=CC1CCC(C(=O)OC(C)(C)C)CC1. The Morgan fingerprint density at radius 3 is 2.20 bits per heavy atom. The van der Waals surface area contributed by atoms with Crippen molar-refractivity contribution in [1.29, 1.82) is 0 Å². The van der Waals surface area contributed by atoms with Gasteiger partial charge in [0.1, 0.15) is 5.60 Å². The third-order valence-electron chi connectivity index (χ3n) is 2.85. The highest BCUT2D eigenvalue weighted by Gasteiger charge is 2.28. The highest BCUT2D eigenvalue weighted by Crippen LogP contribution is 2.30. The Bertz CT molecular complexity index is 229. The molecule has 15 heavy (non-hydrogen) atoms. The van der Waals surface area contributed by atoms with Crippen molar-refractivity contribution < 1.29 is 9.53 Å². The molecule has 1 saturated carbocycles. The fraction of sp³-hybridized carbons (Fsp3) is 0.769. The average molecular weight is 210 g/mol. The van der Waals surface area contributed by atoms with Gasteiger partial charge < -0.3 is 4.74 Å². The predicted octanol–water partition coefficient (Wildman–Crippen LogP) is 3.32. The molecule has 0 bridgehead atoms. The van der Waals surface area contributed by atoms with Gasteiger partial charge in [0.15, 0.2) is 0 Å². The van der Waals surface area contributed by atoms with Crippen molar-refractivity contribution in [3.05, 3.63) is 12.7 Å². The Balaban J connectivity index is 2.40. The van der Waals surface area contributed by atoms with E-state index in [0.717, 1.165) is 25.7 Å². The van der Waals surface area contributed by atoms with Crippen molar-refractivity contribution in [2.24, 2.45) is 11.8 Å². The summed E-state index contributed by atoms with van der Waals surface area (Å²) in [4.78, 5) is 11.8. The first kappa shape index (κ1) is 12.3. The van der Waals surface area contributed by atoms with E-state index in [1.807, 2.05) is 26.8 Å². The second-order valence-electron chi connectivity index (χ2n) is 5.38. The molecule has 0 radical (unpaired) electrons. The lowest BCUT2D eigenvalue weighted by molar-refractivity contribution is -0.161. The quantitative estimate of drug-likeness (QED) is 0.516. The van der Waals surface area contributed by atoms with Crippen LogP contribution < -0.4 is 0 Å². The van der Waals surface area contributed by atoms with Gasteiger partial charge >= 0.3 is 5.97 Å². The van der Waals surface area contributed by atoms with E-state index in [1.54, 1.807) is 0 Å². The first-order valence-electron chi connectivity index (χ1n) is 5.78. The van der Waals surface area contributed by atoms with E-state index in [1.165, 1.54) is 0 Å². The van der Waals surface area contributed by atoms with E-state index in [4.69, 9.17) is 4.74 Å². The Kier molecular flexibility index (Phi) is 3.95. The molecule has 0 aliphatic heterocycles. The molecule has 0 atom stereocenters. The summed E-state index contributed by atoms with van der Waals surface area (Å²) < 4.78 is 5.38. The van der Waals surface area contributed by atoms with E-state index < -0.39 is 0 Å². The molecule has 2 heteroatoms. The van der Waals surface area contributed by atoms with Crippen molar-refractivity contribution in [1.82, 2.24) is 0 Å². The Hall–Kier alpha value is -0.790. The van der Waals surface area contributed by atoms with E-state index in [9.17, 15) is 4.79 Å². The number of rotatable bonds is 2. The summed E-state index contributed by atoms with van der Waals surface area (Å²) in [5, 5.41) is 0. The van der Waals surface area contributed by atoms with Gasteiger partial charge in [0.05, 0.1) is 5.92 Å². The third-order valence-corrected chi connectivity index (χ3v) is 2.85. The van der Waals surface area contributed by atoms with Crippen LogP contribution in [0.25, 0.3) is 0 Å². The molecule has 0 saturated heterocycles. The van der Waals surface area contributed by atoms with Gasteiger partial charge in [0.25, 0.3) is 0 Å². The number of allylic oxidation sites excluding steroid dienone is 1. The molecular weight excluding hydrogens is 188 g/mol. The predicted molar refractivity (Wildman–Crippen MR) is 61.5 cm³/mol. The van der Waals surface area contributed by atoms with Crippen LogP contribution in [-0.2, 0) is 9.53 Å². The largest absolute Gasteiger partial charge is 0.460 e. The van der Waals surface area contributed by atoms with E-state index in [-0.39, 0.29) is 17.5 Å². The number of hydrogen-bond acceptors (Lipinski definition) is 2. The molecule has 0 amide bonds. The van der Waals surface area contributed by atoms with Crippen LogP contribution in [0.4, 0.5) is 0 Å². The molecule has 0 N–H and O–H groups in total. The summed E-state index contributed by atoms with van der Waals surface area (Å²) in [5.74, 6) is 0.689. The van der Waals surface area contributed by atoms with E-state index >= 15 is 0 Å². The van der Waals surface area contributed by atoms with Crippen molar-refractivity contribution in [3.8, 4) is 0 Å². The average Bonchev–Trinajstić information content (AvgIpc) is 2.15. The second kappa shape index (κ2) is 4.82. The Morgan fingerprint density at radius 1 is 1.27 bits per heavy atom. The van der Waals surface area contributed by atoms with Gasteiger partial charge in [-0.3, -0.25) is 4.79 Å². The summed E-state index contributed by atoms with van der Waals surface area (Å²) in [6.45, 7) is 9.55. The fourth-order valence-corrected chi connectivity index (χ4v) is 1.98. The van der Waals surface area contributed by atoms with Crippen molar-refractivity contribution >= 4 is 5.97 Å². The normalized spacial score (nSPS) is 27.1. The van der Waals surface area contributed by atoms with E-state index in [0.29, 0.717) is 5.92 Å². The van der Waals surface area contributed by atoms with Gasteiger partial charge in [-0.2, -0.15) is 0 Å². The third kappa shape index (κ3) is 4.06. The number of ether oxygens (including phenoxy) is 1. The monoisotopic (exact) mass is 210 g/mol. The minimum atomic E-state index is -0.355. The van der Waals surface area contributed by atoms with Crippen LogP contribution in [0.1, 0.15) is 46.5 Å². The van der Waals surface area contributed by atoms with Crippen LogP contribution in [0.3, 0.4) is 0 Å². The minimum absolute atomic E-state index is 0.0231. The topological polar surface area (TPSA) is 26.3 Å². The molecule has 2 nitrogen and oxygen atoms in total. The number of hydrogen-bond donors (Lipinski definition) is 0. The van der Waals surface area contributed by atoms with Crippen molar-refractivity contribution in [2.75, 3.05) is 0 Å². The molecular formula is C13H22O2. The lowest BCUT2D eigenvalue weighted by atomic mass is 9.82. The van der Waals surface area contributed by atoms with Crippen LogP contribution in [0.5, 0.6) is 0 Å². The fourth-order valence-electron chi connectivity index (χ4n) is 1.98. The highest BCUT2D eigenvalue weighted by molar-refractivity contribution is 5.72. The lowest BCUT2D eigenvalue weighted by Gasteiger charge is -2.28. The molecule has 86 valence electrons. The van der Waals surface area contributed by atoms with Gasteiger partial charge in [-0.1, -0.05) is 6.08 Å². The summed E-state index contributed by atoms with van der Waals surface area (Å²) in [5.41, 5.74) is -0.355. The second-order valence-corrected chi connectivity index (χ2v) is 5.38. The molecule has 0 spiro atoms. The summed E-state index contributed by atoms with van der Waals surface area (Å²) in [6.07, 6.45) is 6.06. The van der Waals surface area contributed by atoms with Gasteiger partial charge in [0, 0.05) is 0 Å². The van der Waals surface area contributed by atoms with Gasteiger partial charge in [-0.05, 0) is 52.4 Å². The zero-order chi connectivity index (χ0) is 11.5.